The van der Waals surface area contributed by atoms with Crippen molar-refractivity contribution < 1.29 is 13.5 Å². The number of aryl methyl sites for hydroxylation is 1. The van der Waals surface area contributed by atoms with Gasteiger partial charge in [0.25, 0.3) is 0 Å². The number of hydrogen-bond acceptors (Lipinski definition) is 4. The molecule has 0 aliphatic heterocycles. The van der Waals surface area contributed by atoms with E-state index in [1.807, 2.05) is 31.2 Å². The number of fused-ring (bicyclic) bond motifs is 1. The summed E-state index contributed by atoms with van der Waals surface area (Å²) in [5.74, 6) is 0.554. The molecule has 0 amide bonds. The molecule has 0 unspecified atom stereocenters. The molecule has 0 atom stereocenters. The van der Waals surface area contributed by atoms with E-state index in [-0.39, 0.29) is 18.2 Å². The van der Waals surface area contributed by atoms with Crippen LogP contribution in [0.5, 0.6) is 5.75 Å². The van der Waals surface area contributed by atoms with Gasteiger partial charge in [-0.15, -0.1) is 26.3 Å². The van der Waals surface area contributed by atoms with Crippen molar-refractivity contribution in [2.45, 2.75) is 12.5 Å². The van der Waals surface area contributed by atoms with E-state index in [9.17, 15) is 8.78 Å². The molecular formula is C16H13Cl2F2N3O. The summed E-state index contributed by atoms with van der Waals surface area (Å²) in [4.78, 5) is 0. The van der Waals surface area contributed by atoms with Crippen LogP contribution >= 0.6 is 24.0 Å². The third kappa shape index (κ3) is 4.21. The highest BCUT2D eigenvalue weighted by atomic mass is 35.5. The first kappa shape index (κ1) is 18.2. The molecule has 0 saturated carbocycles. The molecule has 1 heterocycles. The summed E-state index contributed by atoms with van der Waals surface area (Å²) in [6.07, 6.45) is 0. The summed E-state index contributed by atoms with van der Waals surface area (Å²) in [6, 6.07) is 13.7. The van der Waals surface area contributed by atoms with Crippen molar-refractivity contribution >= 4 is 46.3 Å². The largest absolute Gasteiger partial charge is 0.487 e. The third-order valence-electron chi connectivity index (χ3n) is 3.22. The molecule has 0 saturated heterocycles. The van der Waals surface area contributed by atoms with Crippen molar-refractivity contribution in [1.29, 1.82) is 0 Å². The first-order valence-electron chi connectivity index (χ1n) is 6.77. The minimum atomic E-state index is -3.73. The van der Waals surface area contributed by atoms with E-state index in [0.717, 1.165) is 16.5 Å². The van der Waals surface area contributed by atoms with Gasteiger partial charge in [0.2, 0.25) is 0 Å². The number of benzene rings is 2. The summed E-state index contributed by atoms with van der Waals surface area (Å²) in [5, 5.41) is 13.3. The van der Waals surface area contributed by atoms with Crippen molar-refractivity contribution in [2.24, 2.45) is 0 Å². The number of nitrogens with one attached hydrogen (secondary N) is 1. The number of hydrogen-bond donors (Lipinski definition) is 1. The second-order valence-electron chi connectivity index (χ2n) is 4.88. The lowest BCUT2D eigenvalue weighted by atomic mass is 10.1. The predicted octanol–water partition coefficient (Wildman–Crippen LogP) is 5.27. The van der Waals surface area contributed by atoms with Gasteiger partial charge >= 0.3 is 5.57 Å². The number of rotatable bonds is 4. The highest BCUT2D eigenvalue weighted by molar-refractivity contribution is 6.20. The Morgan fingerprint density at radius 2 is 1.62 bits per heavy atom. The van der Waals surface area contributed by atoms with E-state index in [1.54, 1.807) is 12.1 Å². The first-order chi connectivity index (χ1) is 10.9. The third-order valence-corrected chi connectivity index (χ3v) is 3.30. The van der Waals surface area contributed by atoms with E-state index >= 15 is 0 Å². The van der Waals surface area contributed by atoms with Crippen LogP contribution in [0, 0.1) is 6.92 Å². The van der Waals surface area contributed by atoms with Crippen molar-refractivity contribution in [3.8, 4) is 5.75 Å². The van der Waals surface area contributed by atoms with Crippen LogP contribution in [0.4, 0.5) is 20.3 Å². The Hall–Kier alpha value is -2.18. The van der Waals surface area contributed by atoms with Gasteiger partial charge in [-0.3, -0.25) is 0 Å². The zero-order valence-electron chi connectivity index (χ0n) is 12.5. The van der Waals surface area contributed by atoms with E-state index in [1.165, 1.54) is 12.1 Å². The predicted molar refractivity (Wildman–Crippen MR) is 92.7 cm³/mol. The molecule has 0 spiro atoms. The Bertz CT molecular complexity index is 839. The molecule has 3 rings (SSSR count). The van der Waals surface area contributed by atoms with Gasteiger partial charge < -0.3 is 10.1 Å². The van der Waals surface area contributed by atoms with Crippen LogP contribution in [0.1, 0.15) is 5.69 Å². The number of alkyl halides is 3. The van der Waals surface area contributed by atoms with E-state index < -0.39 is 5.57 Å². The minimum absolute atomic E-state index is 0. The zero-order valence-corrected chi connectivity index (χ0v) is 14.0. The number of ether oxygens (including phenoxy) is 1. The topological polar surface area (TPSA) is 47.0 Å². The lowest BCUT2D eigenvalue weighted by molar-refractivity contribution is -0.0964. The number of halogens is 4. The summed E-state index contributed by atoms with van der Waals surface area (Å²) in [7, 11) is 0. The maximum atomic E-state index is 12.6. The van der Waals surface area contributed by atoms with Crippen molar-refractivity contribution in [3.05, 3.63) is 54.2 Å². The van der Waals surface area contributed by atoms with Gasteiger partial charge in [-0.1, -0.05) is 24.3 Å². The molecular weight excluding hydrogens is 359 g/mol. The summed E-state index contributed by atoms with van der Waals surface area (Å²) < 4.78 is 29.4. The van der Waals surface area contributed by atoms with E-state index in [4.69, 9.17) is 11.6 Å². The van der Waals surface area contributed by atoms with Crippen molar-refractivity contribution in [3.63, 3.8) is 0 Å². The van der Waals surface area contributed by atoms with E-state index in [0.29, 0.717) is 11.5 Å². The summed E-state index contributed by atoms with van der Waals surface area (Å²) in [5.41, 5.74) is -2.23. The van der Waals surface area contributed by atoms with Crippen LogP contribution in [0.15, 0.2) is 48.5 Å². The number of nitrogens with zero attached hydrogens (tertiary/aromatic N) is 2. The quantitative estimate of drug-likeness (QED) is 0.634. The van der Waals surface area contributed by atoms with Crippen LogP contribution in [-0.4, -0.2) is 15.8 Å². The fourth-order valence-corrected chi connectivity index (χ4v) is 2.30. The second kappa shape index (κ2) is 7.15. The number of anilines is 2. The Balaban J connectivity index is 0.00000208. The monoisotopic (exact) mass is 371 g/mol. The molecule has 3 aromatic rings. The lowest BCUT2D eigenvalue weighted by Gasteiger charge is -2.12. The minimum Gasteiger partial charge on any atom is -0.420 e. The van der Waals surface area contributed by atoms with Crippen molar-refractivity contribution in [1.82, 2.24) is 10.2 Å². The molecule has 126 valence electrons. The maximum Gasteiger partial charge on any atom is 0.487 e. The molecule has 0 radical (unpaired) electrons. The van der Waals surface area contributed by atoms with Crippen LogP contribution in [0.3, 0.4) is 0 Å². The average Bonchev–Trinajstić information content (AvgIpc) is 2.51. The van der Waals surface area contributed by atoms with Crippen LogP contribution in [0.2, 0.25) is 0 Å². The van der Waals surface area contributed by atoms with Gasteiger partial charge in [0.1, 0.15) is 5.75 Å². The molecule has 0 aliphatic rings. The van der Waals surface area contributed by atoms with Crippen LogP contribution < -0.4 is 10.1 Å². The van der Waals surface area contributed by atoms with Gasteiger partial charge in [0.05, 0.1) is 5.69 Å². The Labute approximate surface area is 148 Å². The normalized spacial score (nSPS) is 11.0. The molecule has 1 N–H and O–H groups in total. The highest BCUT2D eigenvalue weighted by Crippen LogP contribution is 2.28. The van der Waals surface area contributed by atoms with Crippen molar-refractivity contribution in [2.75, 3.05) is 5.32 Å². The molecule has 24 heavy (non-hydrogen) atoms. The van der Waals surface area contributed by atoms with Gasteiger partial charge in [-0.2, -0.15) is 5.10 Å². The Morgan fingerprint density at radius 1 is 1.00 bits per heavy atom. The molecule has 4 nitrogen and oxygen atoms in total. The first-order valence-corrected chi connectivity index (χ1v) is 7.15. The lowest BCUT2D eigenvalue weighted by Crippen LogP contribution is -2.15. The average molecular weight is 372 g/mol. The molecule has 0 bridgehead atoms. The fourth-order valence-electron chi connectivity index (χ4n) is 2.21. The van der Waals surface area contributed by atoms with Gasteiger partial charge in [-0.05, 0) is 31.2 Å². The second-order valence-corrected chi connectivity index (χ2v) is 5.32. The standard InChI is InChI=1S/C16H12ClF2N3O.ClH/c1-10-13-4-2-3-5-14(13)15(22-21-10)20-11-6-8-12(9-7-11)23-16(17,18)19;/h2-9H,1H3,(H,20,22);1H. The highest BCUT2D eigenvalue weighted by Gasteiger charge is 2.27. The smallest absolute Gasteiger partial charge is 0.420 e. The van der Waals surface area contributed by atoms with Crippen LogP contribution in [0.25, 0.3) is 10.8 Å². The SMILES string of the molecule is Cc1nnc(Nc2ccc(OC(F)(F)Cl)cc2)c2ccccc12.Cl. The maximum absolute atomic E-state index is 12.6. The van der Waals surface area contributed by atoms with E-state index in [2.05, 4.69) is 20.3 Å². The Kier molecular flexibility index (Phi) is 5.41. The zero-order chi connectivity index (χ0) is 16.4. The summed E-state index contributed by atoms with van der Waals surface area (Å²) >= 11 is 4.73. The molecule has 0 fully saturated rings. The Morgan fingerprint density at radius 3 is 2.25 bits per heavy atom. The molecule has 2 aromatic carbocycles. The molecule has 0 aliphatic carbocycles. The molecule has 1 aromatic heterocycles. The summed E-state index contributed by atoms with van der Waals surface area (Å²) in [6.45, 7) is 1.89. The van der Waals surface area contributed by atoms with Gasteiger partial charge in [-0.25, -0.2) is 0 Å². The molecule has 8 heteroatoms. The van der Waals surface area contributed by atoms with Crippen LogP contribution in [-0.2, 0) is 0 Å². The number of aromatic nitrogens is 2. The van der Waals surface area contributed by atoms with Gasteiger partial charge in [0, 0.05) is 28.1 Å². The fraction of sp³-hybridized carbons (Fsp3) is 0.125. The van der Waals surface area contributed by atoms with Gasteiger partial charge in [0.15, 0.2) is 5.82 Å².